The van der Waals surface area contributed by atoms with Crippen LogP contribution in [0.15, 0.2) is 0 Å². The summed E-state index contributed by atoms with van der Waals surface area (Å²) in [5.74, 6) is 0. The van der Waals surface area contributed by atoms with Crippen molar-refractivity contribution >= 4 is 16.1 Å². The van der Waals surface area contributed by atoms with Crippen molar-refractivity contribution in [1.82, 2.24) is 14.5 Å². The van der Waals surface area contributed by atoms with Crippen LogP contribution < -0.4 is 4.72 Å². The molecule has 0 aromatic rings. The zero-order chi connectivity index (χ0) is 16.5. The molecule has 0 saturated carbocycles. The molecule has 7 nitrogen and oxygen atoms in total. The number of hydrogen-bond acceptors (Lipinski definition) is 4. The number of carbonyl (C=O) groups is 1. The van der Waals surface area contributed by atoms with Crippen LogP contribution in [0.3, 0.4) is 0 Å². The average molecular weight is 345 g/mol. The van der Waals surface area contributed by atoms with E-state index in [1.54, 1.807) is 0 Å². The van der Waals surface area contributed by atoms with Crippen LogP contribution in [-0.2, 0) is 14.8 Å². The molecule has 1 N–H and O–H groups in total. The smallest absolute Gasteiger partial charge is 0.319 e. The van der Waals surface area contributed by atoms with Crippen LogP contribution in [0.1, 0.15) is 32.1 Å². The van der Waals surface area contributed by atoms with Gasteiger partial charge in [-0.3, -0.25) is 0 Å². The van der Waals surface area contributed by atoms with E-state index in [1.165, 1.54) is 6.26 Å². The molecule has 0 unspecified atom stereocenters. The van der Waals surface area contributed by atoms with Gasteiger partial charge in [0.1, 0.15) is 0 Å². The first-order chi connectivity index (χ1) is 10.9. The topological polar surface area (TPSA) is 79.0 Å². The number of nitrogens with zero attached hydrogens (tertiary/aromatic N) is 2. The first-order valence-electron chi connectivity index (χ1n) is 8.49. The molecule has 0 aliphatic carbocycles. The molecule has 0 aromatic carbocycles. The van der Waals surface area contributed by atoms with Crippen molar-refractivity contribution in [3.63, 3.8) is 0 Å². The lowest BCUT2D eigenvalue weighted by atomic mass is 9.69. The predicted molar refractivity (Wildman–Crippen MR) is 86.6 cm³/mol. The number of piperidine rings is 1. The molecule has 3 heterocycles. The second-order valence-electron chi connectivity index (χ2n) is 7.09. The first-order valence-corrected chi connectivity index (χ1v) is 10.4. The van der Waals surface area contributed by atoms with Gasteiger partial charge in [0.25, 0.3) is 0 Å². The molecule has 3 rings (SSSR count). The fraction of sp³-hybridized carbons (Fsp3) is 0.933. The zero-order valence-corrected chi connectivity index (χ0v) is 14.6. The number of nitrogens with one attached hydrogen (secondary N) is 1. The van der Waals surface area contributed by atoms with E-state index in [4.69, 9.17) is 4.74 Å². The van der Waals surface area contributed by atoms with Crippen molar-refractivity contribution in [2.45, 2.75) is 38.1 Å². The fourth-order valence-corrected chi connectivity index (χ4v) is 4.93. The number of rotatable bonds is 2. The molecule has 1 spiro atoms. The number of sulfonamides is 1. The lowest BCUT2D eigenvalue weighted by Gasteiger charge is -2.49. The minimum absolute atomic E-state index is 0.0802. The van der Waals surface area contributed by atoms with E-state index in [9.17, 15) is 13.2 Å². The number of amides is 2. The van der Waals surface area contributed by atoms with E-state index in [1.807, 2.05) is 9.80 Å². The molecule has 3 aliphatic heterocycles. The molecule has 8 heteroatoms. The SMILES string of the molecule is CS(=O)(=O)N[C@H]1COCCC12CCN(C(=O)N1CCCC1)CC2. The van der Waals surface area contributed by atoms with E-state index in [0.717, 1.165) is 45.2 Å². The van der Waals surface area contributed by atoms with E-state index in [-0.39, 0.29) is 17.5 Å². The quantitative estimate of drug-likeness (QED) is 0.796. The van der Waals surface area contributed by atoms with Crippen LogP contribution in [0.25, 0.3) is 0 Å². The van der Waals surface area contributed by atoms with Crippen molar-refractivity contribution in [3.05, 3.63) is 0 Å². The third-order valence-corrected chi connectivity index (χ3v) is 6.24. The number of carbonyl (C=O) groups excluding carboxylic acids is 1. The molecular weight excluding hydrogens is 318 g/mol. The van der Waals surface area contributed by atoms with E-state index < -0.39 is 10.0 Å². The Morgan fingerprint density at radius 2 is 1.70 bits per heavy atom. The largest absolute Gasteiger partial charge is 0.380 e. The highest BCUT2D eigenvalue weighted by molar-refractivity contribution is 7.88. The van der Waals surface area contributed by atoms with Crippen molar-refractivity contribution in [3.8, 4) is 0 Å². The van der Waals surface area contributed by atoms with Crippen molar-refractivity contribution in [1.29, 1.82) is 0 Å². The number of likely N-dealkylation sites (tertiary alicyclic amines) is 2. The first kappa shape index (κ1) is 17.0. The Bertz CT molecular complexity index is 537. The minimum atomic E-state index is -3.26. The van der Waals surface area contributed by atoms with Gasteiger partial charge in [-0.2, -0.15) is 0 Å². The summed E-state index contributed by atoms with van der Waals surface area (Å²) in [5.41, 5.74) is -0.0802. The molecular formula is C15H27N3O4S. The highest BCUT2D eigenvalue weighted by atomic mass is 32.2. The summed E-state index contributed by atoms with van der Waals surface area (Å²) in [5, 5.41) is 0. The van der Waals surface area contributed by atoms with Gasteiger partial charge in [0.15, 0.2) is 0 Å². The maximum Gasteiger partial charge on any atom is 0.319 e. The monoisotopic (exact) mass is 345 g/mol. The molecule has 132 valence electrons. The Morgan fingerprint density at radius 1 is 1.09 bits per heavy atom. The summed E-state index contributed by atoms with van der Waals surface area (Å²) < 4.78 is 31.5. The van der Waals surface area contributed by atoms with Crippen LogP contribution in [-0.4, -0.2) is 75.9 Å². The third kappa shape index (κ3) is 3.80. The van der Waals surface area contributed by atoms with Gasteiger partial charge in [-0.1, -0.05) is 0 Å². The van der Waals surface area contributed by atoms with Crippen molar-refractivity contribution < 1.29 is 17.9 Å². The molecule has 0 radical (unpaired) electrons. The van der Waals surface area contributed by atoms with Crippen LogP contribution in [0.5, 0.6) is 0 Å². The van der Waals surface area contributed by atoms with E-state index >= 15 is 0 Å². The summed E-state index contributed by atoms with van der Waals surface area (Å²) in [4.78, 5) is 16.4. The van der Waals surface area contributed by atoms with Gasteiger partial charge >= 0.3 is 6.03 Å². The Hall–Kier alpha value is -0.860. The van der Waals surface area contributed by atoms with Gasteiger partial charge in [-0.15, -0.1) is 0 Å². The second-order valence-corrected chi connectivity index (χ2v) is 8.87. The highest BCUT2D eigenvalue weighted by Crippen LogP contribution is 2.41. The van der Waals surface area contributed by atoms with Gasteiger partial charge in [0, 0.05) is 32.8 Å². The van der Waals surface area contributed by atoms with Crippen LogP contribution >= 0.6 is 0 Å². The van der Waals surface area contributed by atoms with E-state index in [0.29, 0.717) is 26.3 Å². The Labute approximate surface area is 138 Å². The maximum absolute atomic E-state index is 12.5. The van der Waals surface area contributed by atoms with Crippen LogP contribution in [0, 0.1) is 5.41 Å². The standard InChI is InChI=1S/C15H27N3O4S/c1-23(20,21)16-13-12-22-11-6-15(13)4-9-18(10-5-15)14(19)17-7-2-3-8-17/h13,16H,2-12H2,1H3/t13-/m0/s1. The Morgan fingerprint density at radius 3 is 2.30 bits per heavy atom. The van der Waals surface area contributed by atoms with Crippen LogP contribution in [0.4, 0.5) is 4.79 Å². The molecule has 2 amide bonds. The molecule has 3 fully saturated rings. The van der Waals surface area contributed by atoms with Gasteiger partial charge in [0.2, 0.25) is 10.0 Å². The third-order valence-electron chi connectivity index (χ3n) is 5.53. The molecule has 23 heavy (non-hydrogen) atoms. The maximum atomic E-state index is 12.5. The molecule has 1 atom stereocenters. The van der Waals surface area contributed by atoms with Gasteiger partial charge in [-0.05, 0) is 37.5 Å². The summed E-state index contributed by atoms with van der Waals surface area (Å²) in [7, 11) is -3.26. The Kier molecular flexibility index (Phi) is 4.85. The van der Waals surface area contributed by atoms with Crippen LogP contribution in [0.2, 0.25) is 0 Å². The summed E-state index contributed by atoms with van der Waals surface area (Å²) in [6, 6.07) is -0.0349. The van der Waals surface area contributed by atoms with Gasteiger partial charge in [0.05, 0.1) is 18.9 Å². The van der Waals surface area contributed by atoms with E-state index in [2.05, 4.69) is 4.72 Å². The molecule has 3 saturated heterocycles. The normalized spacial score (nSPS) is 28.3. The average Bonchev–Trinajstić information content (AvgIpc) is 3.03. The van der Waals surface area contributed by atoms with Gasteiger partial charge in [-0.25, -0.2) is 17.9 Å². The summed E-state index contributed by atoms with van der Waals surface area (Å²) >= 11 is 0. The predicted octanol–water partition coefficient (Wildman–Crippen LogP) is 0.623. The highest BCUT2D eigenvalue weighted by Gasteiger charge is 2.45. The fourth-order valence-electron chi connectivity index (χ4n) is 4.10. The van der Waals surface area contributed by atoms with Gasteiger partial charge < -0.3 is 14.5 Å². The summed E-state index contributed by atoms with van der Waals surface area (Å²) in [6.45, 7) is 4.24. The zero-order valence-electron chi connectivity index (χ0n) is 13.8. The minimum Gasteiger partial charge on any atom is -0.380 e. The number of urea groups is 1. The Balaban J connectivity index is 1.64. The lowest BCUT2D eigenvalue weighted by molar-refractivity contribution is -0.0394. The molecule has 0 bridgehead atoms. The molecule has 0 aromatic heterocycles. The molecule has 3 aliphatic rings. The number of ether oxygens (including phenoxy) is 1. The number of hydrogen-bond donors (Lipinski definition) is 1. The van der Waals surface area contributed by atoms with Crippen molar-refractivity contribution in [2.75, 3.05) is 45.6 Å². The lowest BCUT2D eigenvalue weighted by Crippen LogP contribution is -2.58. The van der Waals surface area contributed by atoms with Crippen molar-refractivity contribution in [2.24, 2.45) is 5.41 Å². The second kappa shape index (κ2) is 6.57. The summed E-state index contributed by atoms with van der Waals surface area (Å²) in [6.07, 6.45) is 5.92.